The highest BCUT2D eigenvalue weighted by molar-refractivity contribution is 14.1. The number of halogens is 1. The Kier molecular flexibility index (Phi) is 7.79. The molecule has 2 aromatic heterocycles. The molecule has 11 nitrogen and oxygen atoms in total. The van der Waals surface area contributed by atoms with Gasteiger partial charge in [0.25, 0.3) is 5.69 Å². The van der Waals surface area contributed by atoms with Crippen LogP contribution in [-0.4, -0.2) is 45.0 Å². The Morgan fingerprint density at radius 3 is 2.70 bits per heavy atom. The third-order valence-electron chi connectivity index (χ3n) is 7.16. The summed E-state index contributed by atoms with van der Waals surface area (Å²) in [7, 11) is -1.99. The second kappa shape index (κ2) is 10.4. The maximum atomic E-state index is 11.5. The molecule has 1 aromatic carbocycles. The number of nitro benzene ring substituents is 1. The molecule has 1 aliphatic heterocycles. The Morgan fingerprint density at radius 2 is 2.05 bits per heavy atom. The minimum Gasteiger partial charge on any atom is -0.471 e. The molecule has 0 saturated carbocycles. The summed E-state index contributed by atoms with van der Waals surface area (Å²) in [5, 5.41) is 11.6. The number of nitrogens with two attached hydrogens (primary N) is 1. The Labute approximate surface area is 230 Å². The predicted octanol–water partition coefficient (Wildman–Crippen LogP) is 5.59. The van der Waals surface area contributed by atoms with Crippen LogP contribution in [0.3, 0.4) is 0 Å². The summed E-state index contributed by atoms with van der Waals surface area (Å²) in [4.78, 5) is 24.2. The van der Waals surface area contributed by atoms with E-state index >= 15 is 0 Å². The highest BCUT2D eigenvalue weighted by atomic mass is 127. The van der Waals surface area contributed by atoms with Gasteiger partial charge in [-0.25, -0.2) is 4.98 Å². The molecule has 1 fully saturated rings. The van der Waals surface area contributed by atoms with E-state index in [0.29, 0.717) is 23.1 Å². The molecule has 0 amide bonds. The van der Waals surface area contributed by atoms with Gasteiger partial charge in [0.05, 0.1) is 29.0 Å². The number of imidazole rings is 1. The molecular formula is C24H33IN6O5Si. The zero-order valence-electron chi connectivity index (χ0n) is 21.9. The number of hydrogen-bond donors (Lipinski definition) is 1. The Bertz CT molecular complexity index is 1310. The van der Waals surface area contributed by atoms with Crippen LogP contribution >= 0.6 is 22.6 Å². The summed E-state index contributed by atoms with van der Waals surface area (Å²) in [6, 6.07) is 4.95. The molecule has 1 aliphatic rings. The summed E-state index contributed by atoms with van der Waals surface area (Å²) in [6.45, 7) is 13.2. The quantitative estimate of drug-likeness (QED) is 0.144. The fraction of sp³-hybridized carbons (Fsp3) is 0.542. The average molecular weight is 641 g/mol. The third kappa shape index (κ3) is 5.73. The largest absolute Gasteiger partial charge is 0.471 e. The third-order valence-corrected chi connectivity index (χ3v) is 12.3. The van der Waals surface area contributed by atoms with Crippen molar-refractivity contribution in [3.63, 3.8) is 0 Å². The van der Waals surface area contributed by atoms with Crippen LogP contribution in [0.4, 0.5) is 11.6 Å². The number of aromatic nitrogens is 4. The van der Waals surface area contributed by atoms with Gasteiger partial charge < -0.3 is 19.6 Å². The molecule has 0 unspecified atom stereocenters. The zero-order chi connectivity index (χ0) is 27.1. The van der Waals surface area contributed by atoms with E-state index in [1.807, 2.05) is 27.2 Å². The molecule has 3 heterocycles. The predicted molar refractivity (Wildman–Crippen MR) is 151 cm³/mol. The van der Waals surface area contributed by atoms with Crippen LogP contribution in [0.2, 0.25) is 18.1 Å². The van der Waals surface area contributed by atoms with Crippen LogP contribution in [0.15, 0.2) is 24.5 Å². The van der Waals surface area contributed by atoms with Gasteiger partial charge in [0.1, 0.15) is 12.8 Å². The van der Waals surface area contributed by atoms with Crippen molar-refractivity contribution in [1.82, 2.24) is 19.5 Å². The Morgan fingerprint density at radius 1 is 1.32 bits per heavy atom. The number of fused-ring (bicyclic) bond motifs is 1. The lowest BCUT2D eigenvalue weighted by Crippen LogP contribution is -2.45. The first kappa shape index (κ1) is 27.7. The molecule has 1 saturated heterocycles. The normalized spacial score (nSPS) is 20.5. The second-order valence-corrected chi connectivity index (χ2v) is 16.7. The van der Waals surface area contributed by atoms with Crippen LogP contribution in [0.25, 0.3) is 11.2 Å². The number of nitrogen functional groups attached to an aromatic ring is 1. The van der Waals surface area contributed by atoms with E-state index in [1.165, 1.54) is 6.07 Å². The summed E-state index contributed by atoms with van der Waals surface area (Å²) in [6.07, 6.45) is 2.71. The minimum absolute atomic E-state index is 0.0143. The van der Waals surface area contributed by atoms with Gasteiger partial charge in [0.15, 0.2) is 19.5 Å². The van der Waals surface area contributed by atoms with E-state index in [4.69, 9.17) is 19.6 Å². The molecule has 3 aromatic rings. The molecular weight excluding hydrogens is 607 g/mol. The summed E-state index contributed by atoms with van der Waals surface area (Å²) < 4.78 is 21.6. The Balaban J connectivity index is 1.59. The molecule has 4 rings (SSSR count). The zero-order valence-corrected chi connectivity index (χ0v) is 25.1. The van der Waals surface area contributed by atoms with Crippen molar-refractivity contribution in [2.45, 2.75) is 83.7 Å². The van der Waals surface area contributed by atoms with Crippen LogP contribution in [0, 0.1) is 13.7 Å². The van der Waals surface area contributed by atoms with Crippen molar-refractivity contribution < 1.29 is 18.8 Å². The highest BCUT2D eigenvalue weighted by Crippen LogP contribution is 2.42. The fourth-order valence-electron chi connectivity index (χ4n) is 4.11. The molecule has 0 radical (unpaired) electrons. The summed E-state index contributed by atoms with van der Waals surface area (Å²) >= 11 is 2.03. The molecule has 200 valence electrons. The van der Waals surface area contributed by atoms with Crippen molar-refractivity contribution in [3.8, 4) is 5.88 Å². The van der Waals surface area contributed by atoms with Crippen molar-refractivity contribution in [1.29, 1.82) is 0 Å². The number of rotatable bonds is 8. The topological polar surface area (TPSA) is 140 Å². The van der Waals surface area contributed by atoms with Crippen molar-refractivity contribution in [3.05, 3.63) is 43.8 Å². The number of nitrogens with zero attached hydrogens (tertiary/aromatic N) is 5. The van der Waals surface area contributed by atoms with E-state index in [9.17, 15) is 10.1 Å². The van der Waals surface area contributed by atoms with Crippen LogP contribution in [-0.2, 0) is 15.8 Å². The Hall–Kier alpha value is -2.36. The first-order valence-electron chi connectivity index (χ1n) is 12.2. The van der Waals surface area contributed by atoms with Gasteiger partial charge in [-0.05, 0) is 59.3 Å². The molecule has 0 aliphatic carbocycles. The SMILES string of the molecule is CC[C@H]1O[C@@H](n2cnc3c(OCc4ccc(I)cc4[N+](=O)[O-])nc(N)nc32)C[C@H]1O[Si](C)(C)C(C)(C)C. The summed E-state index contributed by atoms with van der Waals surface area (Å²) in [5.41, 5.74) is 7.31. The maximum absolute atomic E-state index is 11.5. The van der Waals surface area contributed by atoms with Gasteiger partial charge in [-0.15, -0.1) is 0 Å². The van der Waals surface area contributed by atoms with Gasteiger partial charge >= 0.3 is 0 Å². The minimum atomic E-state index is -1.99. The average Bonchev–Trinajstić information content (AvgIpc) is 3.40. The van der Waals surface area contributed by atoms with Crippen molar-refractivity contribution in [2.24, 2.45) is 0 Å². The number of nitro groups is 1. The van der Waals surface area contributed by atoms with Gasteiger partial charge in [-0.3, -0.25) is 14.7 Å². The van der Waals surface area contributed by atoms with Gasteiger partial charge in [0, 0.05) is 16.1 Å². The highest BCUT2D eigenvalue weighted by Gasteiger charge is 2.44. The van der Waals surface area contributed by atoms with Gasteiger partial charge in [0.2, 0.25) is 11.8 Å². The standard InChI is InChI=1S/C24H33IN6O5Si/c1-7-17-18(36-37(5,6)24(2,3)4)11-19(35-17)30-13-27-20-21(30)28-23(26)29-22(20)34-12-14-8-9-15(25)10-16(14)31(32)33/h8-10,13,17-19H,7,11-12H2,1-6H3,(H2,26,28,29)/t17-,18-,19-/m1/s1. The lowest BCUT2D eigenvalue weighted by molar-refractivity contribution is -0.385. The fourth-order valence-corrected chi connectivity index (χ4v) is 5.94. The van der Waals surface area contributed by atoms with E-state index in [2.05, 4.69) is 55.7 Å². The molecule has 37 heavy (non-hydrogen) atoms. The van der Waals surface area contributed by atoms with E-state index in [-0.39, 0.29) is 47.6 Å². The molecule has 0 spiro atoms. The van der Waals surface area contributed by atoms with Gasteiger partial charge in [-0.1, -0.05) is 27.7 Å². The molecule has 0 bridgehead atoms. The number of anilines is 1. The van der Waals surface area contributed by atoms with Crippen LogP contribution in [0.5, 0.6) is 5.88 Å². The van der Waals surface area contributed by atoms with Crippen molar-refractivity contribution in [2.75, 3.05) is 5.73 Å². The van der Waals surface area contributed by atoms with Crippen LogP contribution in [0.1, 0.15) is 52.3 Å². The van der Waals surface area contributed by atoms with Crippen molar-refractivity contribution >= 4 is 53.7 Å². The monoisotopic (exact) mass is 640 g/mol. The second-order valence-electron chi connectivity index (χ2n) is 10.7. The molecule has 13 heteroatoms. The molecule has 3 atom stereocenters. The van der Waals surface area contributed by atoms with E-state index in [0.717, 1.165) is 9.99 Å². The van der Waals surface area contributed by atoms with E-state index in [1.54, 1.807) is 18.5 Å². The van der Waals surface area contributed by atoms with Gasteiger partial charge in [-0.2, -0.15) is 9.97 Å². The maximum Gasteiger partial charge on any atom is 0.277 e. The number of benzene rings is 1. The van der Waals surface area contributed by atoms with E-state index < -0.39 is 13.2 Å². The number of hydrogen-bond acceptors (Lipinski definition) is 9. The summed E-state index contributed by atoms with van der Waals surface area (Å²) in [5.74, 6) is 0.175. The first-order chi connectivity index (χ1) is 17.3. The lowest BCUT2D eigenvalue weighted by Gasteiger charge is -2.39. The first-order valence-corrected chi connectivity index (χ1v) is 16.2. The number of ether oxygens (including phenoxy) is 2. The molecule has 2 N–H and O–H groups in total. The van der Waals surface area contributed by atoms with Crippen LogP contribution < -0.4 is 10.5 Å². The smallest absolute Gasteiger partial charge is 0.277 e. The lowest BCUT2D eigenvalue weighted by atomic mass is 10.1.